The summed E-state index contributed by atoms with van der Waals surface area (Å²) in [5, 5.41) is 12.4. The molecule has 5 atom stereocenters. The summed E-state index contributed by atoms with van der Waals surface area (Å²) >= 11 is 0. The molecule has 2 aliphatic heterocycles. The van der Waals surface area contributed by atoms with Crippen molar-refractivity contribution >= 4 is 5.70 Å². The van der Waals surface area contributed by atoms with Gasteiger partial charge in [0.15, 0.2) is 5.70 Å². The summed E-state index contributed by atoms with van der Waals surface area (Å²) in [5.74, 6) is -0.950. The average molecular weight is 413 g/mol. The minimum atomic E-state index is -2.88. The van der Waals surface area contributed by atoms with Crippen molar-refractivity contribution in [3.8, 4) is 6.07 Å². The maximum atomic E-state index is 13.9. The molecule has 0 aromatic heterocycles. The molecule has 1 aliphatic carbocycles. The van der Waals surface area contributed by atoms with Gasteiger partial charge in [-0.1, -0.05) is 12.1 Å². The number of hydrogen-bond donors (Lipinski definition) is 3. The SMILES string of the molecule is [C-]#[N+]C1=C(c2ccc(F)cc2)NC(C(F)F)=C(C#N)C1C1CCC2NNC(C)C2C1. The summed E-state index contributed by atoms with van der Waals surface area (Å²) in [7, 11) is 0. The normalized spacial score (nSPS) is 31.2. The first-order valence-electron chi connectivity index (χ1n) is 10.0. The highest BCUT2D eigenvalue weighted by atomic mass is 19.3. The molecular formula is C22H22F3N5. The summed E-state index contributed by atoms with van der Waals surface area (Å²) in [6.07, 6.45) is -0.579. The fourth-order valence-corrected chi connectivity index (χ4v) is 5.07. The van der Waals surface area contributed by atoms with E-state index in [1.54, 1.807) is 0 Å². The Labute approximate surface area is 173 Å². The molecule has 0 spiro atoms. The quantitative estimate of drug-likeness (QED) is 0.657. The Balaban J connectivity index is 1.80. The Bertz CT molecular complexity index is 970. The first-order chi connectivity index (χ1) is 14.4. The van der Waals surface area contributed by atoms with E-state index >= 15 is 0 Å². The van der Waals surface area contributed by atoms with Gasteiger partial charge in [0.1, 0.15) is 5.82 Å². The molecule has 1 saturated carbocycles. The van der Waals surface area contributed by atoms with Crippen molar-refractivity contribution in [3.63, 3.8) is 0 Å². The zero-order valence-electron chi connectivity index (χ0n) is 16.4. The van der Waals surface area contributed by atoms with Crippen LogP contribution in [0.15, 0.2) is 41.2 Å². The van der Waals surface area contributed by atoms with Crippen molar-refractivity contribution < 1.29 is 13.2 Å². The largest absolute Gasteiger partial charge is 0.362 e. The van der Waals surface area contributed by atoms with Gasteiger partial charge in [-0.05, 0) is 55.7 Å². The standard InChI is InChI=1S/C22H22F3N5/c1-11-15-9-13(5-8-17(15)30-29-11)18-16(10-26)20(22(24)25)28-19(21(18)27-2)12-3-6-14(23)7-4-12/h3-4,6-7,11,13,15,17-18,22,28-30H,5,8-9H2,1H3. The molecule has 1 aromatic rings. The number of nitrogens with one attached hydrogen (secondary N) is 3. The number of benzene rings is 1. The number of halogens is 3. The Morgan fingerprint density at radius 2 is 1.93 bits per heavy atom. The van der Waals surface area contributed by atoms with Crippen molar-refractivity contribution in [1.29, 1.82) is 5.26 Å². The van der Waals surface area contributed by atoms with Crippen LogP contribution in [0.1, 0.15) is 31.7 Å². The smallest absolute Gasteiger partial charge is 0.279 e. The fraction of sp³-hybridized carbons (Fsp3) is 0.455. The number of nitrogens with zero attached hydrogens (tertiary/aromatic N) is 2. The first-order valence-corrected chi connectivity index (χ1v) is 10.0. The molecule has 2 heterocycles. The van der Waals surface area contributed by atoms with Crippen molar-refractivity contribution in [3.05, 3.63) is 64.0 Å². The van der Waals surface area contributed by atoms with Crippen LogP contribution in [-0.4, -0.2) is 18.5 Å². The third-order valence-electron chi connectivity index (χ3n) is 6.55. The van der Waals surface area contributed by atoms with Crippen LogP contribution >= 0.6 is 0 Å². The molecule has 0 amide bonds. The van der Waals surface area contributed by atoms with Crippen molar-refractivity contribution in [2.45, 2.75) is 44.7 Å². The minimum absolute atomic E-state index is 0.0584. The van der Waals surface area contributed by atoms with Gasteiger partial charge in [-0.2, -0.15) is 5.26 Å². The van der Waals surface area contributed by atoms with Gasteiger partial charge in [-0.15, -0.1) is 0 Å². The summed E-state index contributed by atoms with van der Waals surface area (Å²) in [6.45, 7) is 9.88. The molecule has 5 nitrogen and oxygen atoms in total. The molecule has 3 N–H and O–H groups in total. The van der Waals surface area contributed by atoms with Gasteiger partial charge in [0.25, 0.3) is 6.43 Å². The molecule has 4 rings (SSSR count). The van der Waals surface area contributed by atoms with Crippen LogP contribution in [0.25, 0.3) is 10.5 Å². The van der Waals surface area contributed by atoms with E-state index < -0.39 is 23.9 Å². The Morgan fingerprint density at radius 1 is 1.20 bits per heavy atom. The molecule has 2 fully saturated rings. The topological polar surface area (TPSA) is 64.2 Å². The van der Waals surface area contributed by atoms with E-state index in [4.69, 9.17) is 6.57 Å². The van der Waals surface area contributed by atoms with Gasteiger partial charge in [0.2, 0.25) is 0 Å². The number of hydrogen-bond acceptors (Lipinski definition) is 4. The predicted octanol–water partition coefficient (Wildman–Crippen LogP) is 3.96. The van der Waals surface area contributed by atoms with Crippen LogP contribution in [0.5, 0.6) is 0 Å². The Kier molecular flexibility index (Phi) is 5.55. The van der Waals surface area contributed by atoms with E-state index in [0.717, 1.165) is 19.3 Å². The average Bonchev–Trinajstić information content (AvgIpc) is 3.12. The minimum Gasteiger partial charge on any atom is -0.362 e. The highest BCUT2D eigenvalue weighted by Gasteiger charge is 2.45. The van der Waals surface area contributed by atoms with E-state index in [0.29, 0.717) is 17.5 Å². The number of fused-ring (bicyclic) bond motifs is 1. The Hall–Kier alpha value is -2.81. The fourth-order valence-electron chi connectivity index (χ4n) is 5.07. The zero-order valence-corrected chi connectivity index (χ0v) is 16.4. The number of hydrazine groups is 1. The third kappa shape index (κ3) is 3.47. The second kappa shape index (κ2) is 8.14. The lowest BCUT2D eigenvalue weighted by Crippen LogP contribution is -2.39. The maximum absolute atomic E-state index is 13.9. The molecule has 5 unspecified atom stereocenters. The van der Waals surface area contributed by atoms with E-state index in [-0.39, 0.29) is 28.9 Å². The van der Waals surface area contributed by atoms with E-state index in [1.165, 1.54) is 24.3 Å². The Morgan fingerprint density at radius 3 is 2.57 bits per heavy atom. The molecule has 30 heavy (non-hydrogen) atoms. The molecule has 3 aliphatic rings. The van der Waals surface area contributed by atoms with E-state index in [1.807, 2.05) is 6.07 Å². The molecule has 0 bridgehead atoms. The van der Waals surface area contributed by atoms with E-state index in [9.17, 15) is 18.4 Å². The van der Waals surface area contributed by atoms with Gasteiger partial charge < -0.3 is 5.32 Å². The molecule has 156 valence electrons. The predicted molar refractivity (Wildman–Crippen MR) is 106 cm³/mol. The van der Waals surface area contributed by atoms with Gasteiger partial charge in [0, 0.05) is 23.7 Å². The number of allylic oxidation sites excluding steroid dienone is 2. The van der Waals surface area contributed by atoms with Crippen LogP contribution in [0.4, 0.5) is 13.2 Å². The first kappa shape index (κ1) is 20.5. The molecule has 8 heteroatoms. The second-order valence-corrected chi connectivity index (χ2v) is 8.14. The molecular weight excluding hydrogens is 391 g/mol. The summed E-state index contributed by atoms with van der Waals surface area (Å²) in [6, 6.07) is 7.88. The molecule has 0 radical (unpaired) electrons. The monoisotopic (exact) mass is 413 g/mol. The molecule has 1 saturated heterocycles. The van der Waals surface area contributed by atoms with Crippen LogP contribution in [-0.2, 0) is 0 Å². The maximum Gasteiger partial charge on any atom is 0.279 e. The number of dihydropyridines is 1. The number of rotatable bonds is 3. The highest BCUT2D eigenvalue weighted by Crippen LogP contribution is 2.47. The summed E-state index contributed by atoms with van der Waals surface area (Å²) in [5.41, 5.74) is 6.94. The lowest BCUT2D eigenvalue weighted by Gasteiger charge is -2.39. The summed E-state index contributed by atoms with van der Waals surface area (Å²) in [4.78, 5) is 3.69. The lowest BCUT2D eigenvalue weighted by atomic mass is 9.67. The number of nitriles is 1. The van der Waals surface area contributed by atoms with Crippen molar-refractivity contribution in [2.24, 2.45) is 17.8 Å². The van der Waals surface area contributed by atoms with Gasteiger partial charge >= 0.3 is 0 Å². The third-order valence-corrected chi connectivity index (χ3v) is 6.55. The molecule has 1 aromatic carbocycles. The van der Waals surface area contributed by atoms with Gasteiger partial charge in [-0.25, -0.2) is 18.0 Å². The lowest BCUT2D eigenvalue weighted by molar-refractivity contribution is 0.174. The van der Waals surface area contributed by atoms with Crippen LogP contribution < -0.4 is 16.2 Å². The highest BCUT2D eigenvalue weighted by molar-refractivity contribution is 5.74. The second-order valence-electron chi connectivity index (χ2n) is 8.14. The van der Waals surface area contributed by atoms with E-state index in [2.05, 4.69) is 27.9 Å². The van der Waals surface area contributed by atoms with Gasteiger partial charge in [0.05, 0.1) is 23.9 Å². The van der Waals surface area contributed by atoms with Gasteiger partial charge in [-0.3, -0.25) is 10.9 Å². The van der Waals surface area contributed by atoms with Crippen LogP contribution in [0.2, 0.25) is 0 Å². The van der Waals surface area contributed by atoms with Crippen molar-refractivity contribution in [1.82, 2.24) is 16.2 Å². The summed E-state index contributed by atoms with van der Waals surface area (Å²) < 4.78 is 41.2. The number of alkyl halides is 2. The zero-order chi connectivity index (χ0) is 21.4. The van der Waals surface area contributed by atoms with Crippen LogP contribution in [0.3, 0.4) is 0 Å². The van der Waals surface area contributed by atoms with Crippen molar-refractivity contribution in [2.75, 3.05) is 0 Å². The van der Waals surface area contributed by atoms with Crippen LogP contribution in [0, 0.1) is 41.5 Å².